The van der Waals surface area contributed by atoms with Crippen molar-refractivity contribution in [2.45, 2.75) is 43.8 Å². The first-order valence-electron chi connectivity index (χ1n) is 7.79. The van der Waals surface area contributed by atoms with Crippen molar-refractivity contribution in [1.82, 2.24) is 4.98 Å². The molecule has 1 aliphatic carbocycles. The number of nitrogens with zero attached hydrogens (tertiary/aromatic N) is 1. The zero-order valence-corrected chi connectivity index (χ0v) is 13.1. The number of benzene rings is 1. The molecule has 0 bridgehead atoms. The predicted octanol–water partition coefficient (Wildman–Crippen LogP) is 4.41. The summed E-state index contributed by atoms with van der Waals surface area (Å²) < 4.78 is 0. The first kappa shape index (κ1) is 14.6. The molecule has 1 aliphatic rings. The number of Topliss-reactive ketones (excluding diaryl/α,β-unsaturated/α-hetero) is 1. The van der Waals surface area contributed by atoms with Crippen molar-refractivity contribution in [2.75, 3.05) is 5.75 Å². The minimum Gasteiger partial charge on any atom is -0.298 e. The summed E-state index contributed by atoms with van der Waals surface area (Å²) in [6.07, 6.45) is 7.06. The van der Waals surface area contributed by atoms with Crippen LogP contribution in [-0.2, 0) is 11.2 Å². The fourth-order valence-corrected chi connectivity index (χ4v) is 4.09. The van der Waals surface area contributed by atoms with Gasteiger partial charge in [-0.1, -0.05) is 43.5 Å². The summed E-state index contributed by atoms with van der Waals surface area (Å²) in [7, 11) is 0. The van der Waals surface area contributed by atoms with Crippen molar-refractivity contribution >= 4 is 28.4 Å². The number of fused-ring (bicyclic) bond motifs is 1. The van der Waals surface area contributed by atoms with Gasteiger partial charge in [0.2, 0.25) is 0 Å². The van der Waals surface area contributed by atoms with Crippen LogP contribution >= 0.6 is 11.8 Å². The van der Waals surface area contributed by atoms with E-state index in [1.165, 1.54) is 32.1 Å². The van der Waals surface area contributed by atoms with Crippen LogP contribution in [0.25, 0.3) is 10.9 Å². The second-order valence-corrected chi connectivity index (χ2v) is 7.07. The minimum absolute atomic E-state index is 0.299. The fraction of sp³-hybridized carbons (Fsp3) is 0.444. The lowest BCUT2D eigenvalue weighted by molar-refractivity contribution is -0.116. The number of para-hydroxylation sites is 1. The van der Waals surface area contributed by atoms with Gasteiger partial charge in [-0.25, -0.2) is 0 Å². The Bertz CT molecular complexity index is 619. The lowest BCUT2D eigenvalue weighted by Gasteiger charge is -2.20. The number of ketones is 1. The third kappa shape index (κ3) is 4.07. The lowest BCUT2D eigenvalue weighted by Crippen LogP contribution is -2.13. The molecule has 2 nitrogen and oxygen atoms in total. The van der Waals surface area contributed by atoms with E-state index in [0.717, 1.165) is 16.6 Å². The summed E-state index contributed by atoms with van der Waals surface area (Å²) in [5.74, 6) is 0.937. The number of rotatable bonds is 5. The van der Waals surface area contributed by atoms with Gasteiger partial charge in [0.15, 0.2) is 0 Å². The van der Waals surface area contributed by atoms with Gasteiger partial charge in [0.05, 0.1) is 11.3 Å². The molecule has 1 fully saturated rings. The van der Waals surface area contributed by atoms with Crippen molar-refractivity contribution in [2.24, 2.45) is 0 Å². The van der Waals surface area contributed by atoms with E-state index in [4.69, 9.17) is 0 Å². The largest absolute Gasteiger partial charge is 0.298 e. The Hall–Kier alpha value is -1.35. The first-order valence-corrected chi connectivity index (χ1v) is 8.84. The molecule has 110 valence electrons. The van der Waals surface area contributed by atoms with Gasteiger partial charge in [-0.15, -0.1) is 0 Å². The number of thioether (sulfide) groups is 1. The van der Waals surface area contributed by atoms with E-state index in [2.05, 4.69) is 11.1 Å². The van der Waals surface area contributed by atoms with Gasteiger partial charge in [-0.3, -0.25) is 9.78 Å². The SMILES string of the molecule is O=C(CSC1CCCCC1)Cc1ccc2ccccc2n1. The van der Waals surface area contributed by atoms with Gasteiger partial charge >= 0.3 is 0 Å². The Labute approximate surface area is 130 Å². The van der Waals surface area contributed by atoms with Crippen molar-refractivity contribution in [1.29, 1.82) is 0 Å². The van der Waals surface area contributed by atoms with Gasteiger partial charge in [0.1, 0.15) is 5.78 Å². The molecule has 1 aromatic carbocycles. The van der Waals surface area contributed by atoms with Crippen LogP contribution in [-0.4, -0.2) is 21.8 Å². The topological polar surface area (TPSA) is 30.0 Å². The molecule has 0 spiro atoms. The first-order chi connectivity index (χ1) is 10.3. The number of aromatic nitrogens is 1. The smallest absolute Gasteiger partial charge is 0.148 e. The van der Waals surface area contributed by atoms with Crippen molar-refractivity contribution < 1.29 is 4.79 Å². The van der Waals surface area contributed by atoms with Crippen LogP contribution in [0.5, 0.6) is 0 Å². The average Bonchev–Trinajstić information content (AvgIpc) is 2.54. The maximum absolute atomic E-state index is 12.1. The van der Waals surface area contributed by atoms with E-state index in [0.29, 0.717) is 23.2 Å². The zero-order chi connectivity index (χ0) is 14.5. The Balaban J connectivity index is 1.55. The average molecular weight is 299 g/mol. The third-order valence-corrected chi connectivity index (χ3v) is 5.50. The highest BCUT2D eigenvalue weighted by Crippen LogP contribution is 2.28. The quantitative estimate of drug-likeness (QED) is 0.819. The molecule has 1 aromatic heterocycles. The molecule has 3 heteroatoms. The third-order valence-electron chi connectivity index (χ3n) is 4.07. The summed E-state index contributed by atoms with van der Waals surface area (Å²) >= 11 is 1.85. The van der Waals surface area contributed by atoms with Crippen molar-refractivity contribution in [3.05, 3.63) is 42.1 Å². The van der Waals surface area contributed by atoms with Crippen LogP contribution in [0.3, 0.4) is 0 Å². The van der Waals surface area contributed by atoms with Gasteiger partial charge in [-0.05, 0) is 25.0 Å². The Morgan fingerprint density at radius 3 is 2.76 bits per heavy atom. The normalized spacial score (nSPS) is 16.2. The van der Waals surface area contributed by atoms with Gasteiger partial charge in [-0.2, -0.15) is 11.8 Å². The molecular weight excluding hydrogens is 278 g/mol. The van der Waals surface area contributed by atoms with Crippen LogP contribution in [0.2, 0.25) is 0 Å². The molecule has 2 aromatic rings. The van der Waals surface area contributed by atoms with Gasteiger partial charge in [0, 0.05) is 22.8 Å². The van der Waals surface area contributed by atoms with Crippen molar-refractivity contribution in [3.8, 4) is 0 Å². The Morgan fingerprint density at radius 2 is 1.90 bits per heavy atom. The van der Waals surface area contributed by atoms with Crippen LogP contribution in [0.15, 0.2) is 36.4 Å². The molecule has 0 N–H and O–H groups in total. The molecular formula is C18H21NOS. The van der Waals surface area contributed by atoms with E-state index in [-0.39, 0.29) is 0 Å². The number of hydrogen-bond donors (Lipinski definition) is 0. The van der Waals surface area contributed by atoms with E-state index in [1.54, 1.807) is 0 Å². The van der Waals surface area contributed by atoms with Gasteiger partial charge < -0.3 is 0 Å². The second kappa shape index (κ2) is 7.08. The summed E-state index contributed by atoms with van der Waals surface area (Å²) in [4.78, 5) is 16.7. The van der Waals surface area contributed by atoms with Crippen molar-refractivity contribution in [3.63, 3.8) is 0 Å². The van der Waals surface area contributed by atoms with Crippen LogP contribution in [0.1, 0.15) is 37.8 Å². The predicted molar refractivity (Wildman–Crippen MR) is 89.8 cm³/mol. The standard InChI is InChI=1S/C18H21NOS/c20-16(13-21-17-7-2-1-3-8-17)12-15-11-10-14-6-4-5-9-18(14)19-15/h4-6,9-11,17H,1-3,7-8,12-13H2. The minimum atomic E-state index is 0.299. The molecule has 1 heterocycles. The van der Waals surface area contributed by atoms with Crippen LogP contribution in [0.4, 0.5) is 0 Å². The Kier molecular flexibility index (Phi) is 4.91. The van der Waals surface area contributed by atoms with E-state index >= 15 is 0 Å². The summed E-state index contributed by atoms with van der Waals surface area (Å²) in [6.45, 7) is 0. The molecule has 3 rings (SSSR count). The maximum atomic E-state index is 12.1. The number of pyridine rings is 1. The highest BCUT2D eigenvalue weighted by Gasteiger charge is 2.15. The molecule has 1 saturated carbocycles. The van der Waals surface area contributed by atoms with Crippen LogP contribution < -0.4 is 0 Å². The molecule has 21 heavy (non-hydrogen) atoms. The van der Waals surface area contributed by atoms with E-state index in [9.17, 15) is 4.79 Å². The monoisotopic (exact) mass is 299 g/mol. The summed E-state index contributed by atoms with van der Waals surface area (Å²) in [5.41, 5.74) is 1.87. The fourth-order valence-electron chi connectivity index (χ4n) is 2.90. The highest BCUT2D eigenvalue weighted by atomic mass is 32.2. The van der Waals surface area contributed by atoms with E-state index < -0.39 is 0 Å². The summed E-state index contributed by atoms with van der Waals surface area (Å²) in [5, 5.41) is 1.83. The van der Waals surface area contributed by atoms with Crippen LogP contribution in [0, 0.1) is 0 Å². The zero-order valence-electron chi connectivity index (χ0n) is 12.3. The van der Waals surface area contributed by atoms with Gasteiger partial charge in [0.25, 0.3) is 0 Å². The Morgan fingerprint density at radius 1 is 1.10 bits per heavy atom. The molecule has 0 aliphatic heterocycles. The van der Waals surface area contributed by atoms with E-state index in [1.807, 2.05) is 42.1 Å². The highest BCUT2D eigenvalue weighted by molar-refractivity contribution is 8.00. The maximum Gasteiger partial charge on any atom is 0.148 e. The number of carbonyl (C=O) groups is 1. The molecule has 0 amide bonds. The molecule has 0 unspecified atom stereocenters. The summed E-state index contributed by atoms with van der Waals surface area (Å²) in [6, 6.07) is 12.1. The molecule has 0 atom stereocenters. The second-order valence-electron chi connectivity index (χ2n) is 5.78. The molecule has 0 radical (unpaired) electrons. The number of hydrogen-bond acceptors (Lipinski definition) is 3. The lowest BCUT2D eigenvalue weighted by atomic mass is 10.0. The number of carbonyl (C=O) groups excluding carboxylic acids is 1. The molecule has 0 saturated heterocycles.